The molecule has 2 heterocycles. The Bertz CT molecular complexity index is 613. The summed E-state index contributed by atoms with van der Waals surface area (Å²) < 4.78 is 8.97. The Morgan fingerprint density at radius 1 is 1.48 bits per heavy atom. The lowest BCUT2D eigenvalue weighted by Crippen LogP contribution is -2.12. The number of esters is 1. The fourth-order valence-corrected chi connectivity index (χ4v) is 2.09. The monoisotopic (exact) mass is 290 g/mol. The third-order valence-electron chi connectivity index (χ3n) is 3.14. The summed E-state index contributed by atoms with van der Waals surface area (Å²) in [7, 11) is 0. The largest absolute Gasteiger partial charge is 0.454 e. The van der Waals surface area contributed by atoms with E-state index in [1.54, 1.807) is 12.3 Å². The van der Waals surface area contributed by atoms with Gasteiger partial charge in [0.2, 0.25) is 0 Å². The molecule has 0 atom stereocenters. The van der Waals surface area contributed by atoms with Crippen molar-refractivity contribution in [1.29, 1.82) is 0 Å². The Morgan fingerprint density at radius 3 is 2.86 bits per heavy atom. The van der Waals surface area contributed by atoms with E-state index in [1.165, 1.54) is 0 Å². The number of rotatable bonds is 6. The lowest BCUT2D eigenvalue weighted by molar-refractivity contribution is 0.0454. The van der Waals surface area contributed by atoms with Crippen LogP contribution in [0.3, 0.4) is 0 Å². The van der Waals surface area contributed by atoms with Gasteiger partial charge in [-0.3, -0.25) is 4.68 Å². The standard InChI is InChI=1S/C15H22N4O2/c1-4-6-18-9-12(16)8-14(18)15(20)21-10-13-5-7-19(17-13)11(2)3/h5,7-9,11H,4,6,10,16H2,1-3H3. The fourth-order valence-electron chi connectivity index (χ4n) is 2.09. The Labute approximate surface area is 124 Å². The molecule has 0 fully saturated rings. The van der Waals surface area contributed by atoms with Gasteiger partial charge in [-0.2, -0.15) is 5.10 Å². The van der Waals surface area contributed by atoms with E-state index >= 15 is 0 Å². The first-order chi connectivity index (χ1) is 10.0. The van der Waals surface area contributed by atoms with Gasteiger partial charge in [0.25, 0.3) is 0 Å². The van der Waals surface area contributed by atoms with Crippen molar-refractivity contribution < 1.29 is 9.53 Å². The number of carbonyl (C=O) groups is 1. The van der Waals surface area contributed by atoms with Gasteiger partial charge >= 0.3 is 5.97 Å². The van der Waals surface area contributed by atoms with E-state index in [0.29, 0.717) is 11.4 Å². The van der Waals surface area contributed by atoms with Crippen molar-refractivity contribution in [2.24, 2.45) is 0 Å². The highest BCUT2D eigenvalue weighted by atomic mass is 16.5. The molecule has 0 spiro atoms. The van der Waals surface area contributed by atoms with Crippen LogP contribution in [0.4, 0.5) is 5.69 Å². The number of carbonyl (C=O) groups excluding carboxylic acids is 1. The van der Waals surface area contributed by atoms with E-state index in [-0.39, 0.29) is 18.6 Å². The molecular weight excluding hydrogens is 268 g/mol. The minimum atomic E-state index is -0.376. The summed E-state index contributed by atoms with van der Waals surface area (Å²) in [5.74, 6) is -0.376. The van der Waals surface area contributed by atoms with Crippen molar-refractivity contribution in [3.63, 3.8) is 0 Å². The average molecular weight is 290 g/mol. The van der Waals surface area contributed by atoms with Crippen LogP contribution in [0.2, 0.25) is 0 Å². The number of nitrogens with two attached hydrogens (primary N) is 1. The van der Waals surface area contributed by atoms with Gasteiger partial charge in [0.1, 0.15) is 12.3 Å². The summed E-state index contributed by atoms with van der Waals surface area (Å²) in [6.07, 6.45) is 4.56. The first-order valence-corrected chi connectivity index (χ1v) is 7.18. The van der Waals surface area contributed by atoms with Gasteiger partial charge in [-0.05, 0) is 32.4 Å². The molecule has 0 aliphatic carbocycles. The van der Waals surface area contributed by atoms with Crippen LogP contribution < -0.4 is 5.73 Å². The van der Waals surface area contributed by atoms with Gasteiger partial charge in [0.15, 0.2) is 0 Å². The Hall–Kier alpha value is -2.24. The SMILES string of the molecule is CCCn1cc(N)cc1C(=O)OCc1ccn(C(C)C)n1. The highest BCUT2D eigenvalue weighted by Crippen LogP contribution is 2.14. The molecule has 6 nitrogen and oxygen atoms in total. The lowest BCUT2D eigenvalue weighted by Gasteiger charge is -2.07. The van der Waals surface area contributed by atoms with Crippen molar-refractivity contribution in [1.82, 2.24) is 14.3 Å². The molecule has 0 saturated heterocycles. The highest BCUT2D eigenvalue weighted by molar-refractivity contribution is 5.89. The number of anilines is 1. The molecule has 0 aliphatic heterocycles. The van der Waals surface area contributed by atoms with E-state index < -0.39 is 0 Å². The number of hydrogen-bond donors (Lipinski definition) is 1. The first-order valence-electron chi connectivity index (χ1n) is 7.18. The summed E-state index contributed by atoms with van der Waals surface area (Å²) in [4.78, 5) is 12.1. The van der Waals surface area contributed by atoms with Gasteiger partial charge in [0.05, 0.1) is 11.4 Å². The number of nitrogen functional groups attached to an aromatic ring is 1. The van der Waals surface area contributed by atoms with Crippen LogP contribution in [-0.2, 0) is 17.9 Å². The van der Waals surface area contributed by atoms with E-state index in [4.69, 9.17) is 10.5 Å². The zero-order valence-corrected chi connectivity index (χ0v) is 12.7. The molecule has 0 amide bonds. The van der Waals surface area contributed by atoms with E-state index in [1.807, 2.05) is 42.3 Å². The molecule has 2 rings (SSSR count). The second kappa shape index (κ2) is 6.47. The number of hydrogen-bond acceptors (Lipinski definition) is 4. The second-order valence-electron chi connectivity index (χ2n) is 5.31. The summed E-state index contributed by atoms with van der Waals surface area (Å²) in [6, 6.07) is 3.79. The molecule has 2 N–H and O–H groups in total. The molecule has 21 heavy (non-hydrogen) atoms. The maximum Gasteiger partial charge on any atom is 0.355 e. The molecule has 0 aromatic carbocycles. The number of nitrogens with zero attached hydrogens (tertiary/aromatic N) is 3. The smallest absolute Gasteiger partial charge is 0.355 e. The minimum Gasteiger partial charge on any atom is -0.454 e. The normalized spacial score (nSPS) is 11.0. The molecule has 0 radical (unpaired) electrons. The molecule has 2 aromatic rings. The maximum absolute atomic E-state index is 12.1. The van der Waals surface area contributed by atoms with Crippen molar-refractivity contribution in [3.05, 3.63) is 35.9 Å². The topological polar surface area (TPSA) is 75.1 Å². The molecule has 0 unspecified atom stereocenters. The first kappa shape index (κ1) is 15.2. The second-order valence-corrected chi connectivity index (χ2v) is 5.31. The van der Waals surface area contributed by atoms with Gasteiger partial charge in [-0.25, -0.2) is 4.79 Å². The van der Waals surface area contributed by atoms with Crippen molar-refractivity contribution in [2.75, 3.05) is 5.73 Å². The molecule has 6 heteroatoms. The molecule has 2 aromatic heterocycles. The summed E-state index contributed by atoms with van der Waals surface area (Å²) >= 11 is 0. The summed E-state index contributed by atoms with van der Waals surface area (Å²) in [5, 5.41) is 4.35. The Balaban J connectivity index is 2.01. The molecule has 0 bridgehead atoms. The van der Waals surface area contributed by atoms with Crippen LogP contribution in [0.15, 0.2) is 24.5 Å². The third-order valence-corrected chi connectivity index (χ3v) is 3.14. The minimum absolute atomic E-state index is 0.162. The van der Waals surface area contributed by atoms with E-state index in [0.717, 1.165) is 18.7 Å². The maximum atomic E-state index is 12.1. The number of ether oxygens (including phenoxy) is 1. The zero-order chi connectivity index (χ0) is 15.4. The third kappa shape index (κ3) is 3.65. The molecule has 114 valence electrons. The van der Waals surface area contributed by atoms with Crippen LogP contribution >= 0.6 is 0 Å². The van der Waals surface area contributed by atoms with Crippen molar-refractivity contribution in [3.8, 4) is 0 Å². The molecular formula is C15H22N4O2. The van der Waals surface area contributed by atoms with Crippen LogP contribution in [0.5, 0.6) is 0 Å². The predicted molar refractivity (Wildman–Crippen MR) is 80.9 cm³/mol. The zero-order valence-electron chi connectivity index (χ0n) is 12.7. The van der Waals surface area contributed by atoms with E-state index in [9.17, 15) is 4.79 Å². The van der Waals surface area contributed by atoms with Crippen LogP contribution in [0, 0.1) is 0 Å². The Kier molecular flexibility index (Phi) is 4.67. The number of aromatic nitrogens is 3. The summed E-state index contributed by atoms with van der Waals surface area (Å²) in [6.45, 7) is 7.04. The predicted octanol–water partition coefficient (Wildman–Crippen LogP) is 2.61. The van der Waals surface area contributed by atoms with Crippen molar-refractivity contribution >= 4 is 11.7 Å². The molecule has 0 aliphatic rings. The highest BCUT2D eigenvalue weighted by Gasteiger charge is 2.15. The van der Waals surface area contributed by atoms with Crippen LogP contribution in [-0.4, -0.2) is 20.3 Å². The Morgan fingerprint density at radius 2 is 2.24 bits per heavy atom. The lowest BCUT2D eigenvalue weighted by atomic mass is 10.4. The summed E-state index contributed by atoms with van der Waals surface area (Å²) in [5.41, 5.74) is 7.53. The van der Waals surface area contributed by atoms with Crippen LogP contribution in [0.25, 0.3) is 0 Å². The van der Waals surface area contributed by atoms with E-state index in [2.05, 4.69) is 5.10 Å². The van der Waals surface area contributed by atoms with Gasteiger partial charge in [-0.1, -0.05) is 6.92 Å². The fraction of sp³-hybridized carbons (Fsp3) is 0.467. The van der Waals surface area contributed by atoms with Crippen molar-refractivity contribution in [2.45, 2.75) is 46.4 Å². The molecule has 0 saturated carbocycles. The quantitative estimate of drug-likeness (QED) is 0.830. The number of aryl methyl sites for hydroxylation is 1. The van der Waals surface area contributed by atoms with Gasteiger partial charge in [-0.15, -0.1) is 0 Å². The van der Waals surface area contributed by atoms with Gasteiger partial charge < -0.3 is 15.0 Å². The average Bonchev–Trinajstić information content (AvgIpc) is 3.03. The van der Waals surface area contributed by atoms with Gasteiger partial charge in [0, 0.05) is 25.0 Å². The van der Waals surface area contributed by atoms with Crippen LogP contribution in [0.1, 0.15) is 49.4 Å².